The molecule has 7 heteroatoms. The molecule has 1 amide bonds. The van der Waals surface area contributed by atoms with Gasteiger partial charge in [0.1, 0.15) is 0 Å². The Morgan fingerprint density at radius 1 is 1.32 bits per heavy atom. The van der Waals surface area contributed by atoms with Crippen LogP contribution < -0.4 is 4.90 Å². The highest BCUT2D eigenvalue weighted by molar-refractivity contribution is 7.89. The second-order valence-corrected chi connectivity index (χ2v) is 9.14. The Labute approximate surface area is 148 Å². The topological polar surface area (TPSA) is 66.9 Å². The van der Waals surface area contributed by atoms with Crippen molar-refractivity contribution in [1.82, 2.24) is 4.31 Å². The van der Waals surface area contributed by atoms with Gasteiger partial charge in [-0.05, 0) is 55.4 Å². The number of carbonyl (C=O) groups is 1. The minimum absolute atomic E-state index is 0.00445. The molecule has 3 aliphatic rings. The Hall–Kier alpha value is -1.44. The molecule has 0 aromatic heterocycles. The maximum atomic E-state index is 13.2. The Morgan fingerprint density at radius 3 is 2.76 bits per heavy atom. The third kappa shape index (κ3) is 3.20. The van der Waals surface area contributed by atoms with E-state index in [1.54, 1.807) is 27.4 Å². The van der Waals surface area contributed by atoms with Crippen molar-refractivity contribution in [2.24, 2.45) is 5.92 Å². The molecule has 1 saturated carbocycles. The normalized spacial score (nSPS) is 23.3. The van der Waals surface area contributed by atoms with Gasteiger partial charge in [-0.15, -0.1) is 0 Å². The molecule has 1 aromatic carbocycles. The molecule has 6 nitrogen and oxygen atoms in total. The number of fused-ring (bicyclic) bond motifs is 1. The van der Waals surface area contributed by atoms with E-state index in [4.69, 9.17) is 4.74 Å². The van der Waals surface area contributed by atoms with Gasteiger partial charge >= 0.3 is 0 Å². The third-order valence-electron chi connectivity index (χ3n) is 5.35. The molecule has 136 valence electrons. The monoisotopic (exact) mass is 364 g/mol. The number of amides is 1. The molecule has 0 spiro atoms. The second kappa shape index (κ2) is 6.37. The van der Waals surface area contributed by atoms with Gasteiger partial charge in [0.25, 0.3) is 0 Å². The number of ether oxygens (including phenoxy) is 1. The third-order valence-corrected chi connectivity index (χ3v) is 7.26. The van der Waals surface area contributed by atoms with Crippen LogP contribution in [0.1, 0.15) is 31.7 Å². The first kappa shape index (κ1) is 17.0. The molecule has 1 atom stereocenters. The number of hydrogen-bond donors (Lipinski definition) is 0. The van der Waals surface area contributed by atoms with Crippen LogP contribution in [0.15, 0.2) is 23.1 Å². The molecule has 1 unspecified atom stereocenters. The number of anilines is 1. The van der Waals surface area contributed by atoms with Crippen molar-refractivity contribution in [3.05, 3.63) is 23.8 Å². The van der Waals surface area contributed by atoms with Gasteiger partial charge in [-0.2, -0.15) is 4.31 Å². The molecule has 2 aliphatic heterocycles. The van der Waals surface area contributed by atoms with Crippen LogP contribution in [-0.4, -0.2) is 51.0 Å². The van der Waals surface area contributed by atoms with Crippen molar-refractivity contribution in [2.45, 2.75) is 43.5 Å². The summed E-state index contributed by atoms with van der Waals surface area (Å²) in [5.74, 6) is 0.285. The molecule has 2 heterocycles. The zero-order valence-electron chi connectivity index (χ0n) is 14.5. The Kier molecular flexibility index (Phi) is 4.33. The molecule has 0 N–H and O–H groups in total. The molecule has 0 bridgehead atoms. The number of sulfonamides is 1. The molecule has 2 fully saturated rings. The largest absolute Gasteiger partial charge is 0.381 e. The van der Waals surface area contributed by atoms with Crippen LogP contribution in [0, 0.1) is 5.92 Å². The van der Waals surface area contributed by atoms with Gasteiger partial charge in [0.05, 0.1) is 11.5 Å². The maximum Gasteiger partial charge on any atom is 0.243 e. The zero-order chi connectivity index (χ0) is 17.6. The van der Waals surface area contributed by atoms with E-state index in [0.29, 0.717) is 31.0 Å². The van der Waals surface area contributed by atoms with E-state index in [1.165, 1.54) is 6.92 Å². The lowest BCUT2D eigenvalue weighted by Gasteiger charge is -2.25. The van der Waals surface area contributed by atoms with Crippen molar-refractivity contribution in [2.75, 3.05) is 31.2 Å². The fraction of sp³-hybridized carbons (Fsp3) is 0.611. The average molecular weight is 364 g/mol. The molecule has 1 aromatic rings. The summed E-state index contributed by atoms with van der Waals surface area (Å²) in [7, 11) is -3.51. The second-order valence-electron chi connectivity index (χ2n) is 7.25. The molecule has 1 aliphatic carbocycles. The quantitative estimate of drug-likeness (QED) is 0.799. The fourth-order valence-corrected chi connectivity index (χ4v) is 5.60. The van der Waals surface area contributed by atoms with Crippen LogP contribution in [-0.2, 0) is 26.0 Å². The van der Waals surface area contributed by atoms with E-state index in [2.05, 4.69) is 0 Å². The number of nitrogens with zero attached hydrogens (tertiary/aromatic N) is 2. The Morgan fingerprint density at radius 2 is 2.12 bits per heavy atom. The Bertz CT molecular complexity index is 782. The van der Waals surface area contributed by atoms with Crippen LogP contribution in [0.2, 0.25) is 0 Å². The van der Waals surface area contributed by atoms with Gasteiger partial charge in [0.15, 0.2) is 0 Å². The molecule has 25 heavy (non-hydrogen) atoms. The number of carbonyl (C=O) groups excluding carboxylic acids is 1. The lowest BCUT2D eigenvalue weighted by Crippen LogP contribution is -2.37. The molecule has 4 rings (SSSR count). The van der Waals surface area contributed by atoms with Crippen LogP contribution in [0.5, 0.6) is 0 Å². The zero-order valence-corrected chi connectivity index (χ0v) is 15.3. The van der Waals surface area contributed by atoms with Crippen molar-refractivity contribution in [3.63, 3.8) is 0 Å². The summed E-state index contributed by atoms with van der Waals surface area (Å²) >= 11 is 0. The molecular formula is C18H24N2O4S. The van der Waals surface area contributed by atoms with E-state index in [1.807, 2.05) is 0 Å². The summed E-state index contributed by atoms with van der Waals surface area (Å²) in [6.45, 7) is 4.08. The SMILES string of the molecule is CC(=O)N1CCc2cc(S(=O)(=O)N(CC3CCOC3)C3CC3)ccc21. The van der Waals surface area contributed by atoms with Gasteiger partial charge in [0.2, 0.25) is 15.9 Å². The highest BCUT2D eigenvalue weighted by Crippen LogP contribution is 2.36. The number of hydrogen-bond acceptors (Lipinski definition) is 4. The van der Waals surface area contributed by atoms with Crippen LogP contribution >= 0.6 is 0 Å². The van der Waals surface area contributed by atoms with Crippen molar-refractivity contribution < 1.29 is 17.9 Å². The smallest absolute Gasteiger partial charge is 0.243 e. The van der Waals surface area contributed by atoms with Crippen LogP contribution in [0.25, 0.3) is 0 Å². The molecule has 1 saturated heterocycles. The highest BCUT2D eigenvalue weighted by atomic mass is 32.2. The van der Waals surface area contributed by atoms with E-state index >= 15 is 0 Å². The maximum absolute atomic E-state index is 13.2. The first-order valence-corrected chi connectivity index (χ1v) is 10.4. The van der Waals surface area contributed by atoms with Gasteiger partial charge in [0, 0.05) is 38.3 Å². The van der Waals surface area contributed by atoms with Crippen LogP contribution in [0.4, 0.5) is 5.69 Å². The highest BCUT2D eigenvalue weighted by Gasteiger charge is 2.40. The number of rotatable bonds is 5. The average Bonchev–Trinajstić information content (AvgIpc) is 3.10. The lowest BCUT2D eigenvalue weighted by atomic mass is 10.1. The van der Waals surface area contributed by atoms with E-state index in [-0.39, 0.29) is 17.9 Å². The van der Waals surface area contributed by atoms with E-state index < -0.39 is 10.0 Å². The summed E-state index contributed by atoms with van der Waals surface area (Å²) in [5, 5.41) is 0. The standard InChI is InChI=1S/C18H24N2O4S/c1-13(21)19-8-6-15-10-17(4-5-18(15)19)25(22,23)20(16-2-3-16)11-14-7-9-24-12-14/h4-5,10,14,16H,2-3,6-9,11-12H2,1H3. The molecular weight excluding hydrogens is 340 g/mol. The van der Waals surface area contributed by atoms with E-state index in [0.717, 1.165) is 37.1 Å². The molecule has 0 radical (unpaired) electrons. The fourth-order valence-electron chi connectivity index (χ4n) is 3.79. The van der Waals surface area contributed by atoms with Gasteiger partial charge < -0.3 is 9.64 Å². The van der Waals surface area contributed by atoms with E-state index in [9.17, 15) is 13.2 Å². The summed E-state index contributed by atoms with van der Waals surface area (Å²) in [4.78, 5) is 13.7. The van der Waals surface area contributed by atoms with Crippen molar-refractivity contribution in [1.29, 1.82) is 0 Å². The van der Waals surface area contributed by atoms with Crippen molar-refractivity contribution >= 4 is 21.6 Å². The predicted octanol–water partition coefficient (Wildman–Crippen LogP) is 1.79. The lowest BCUT2D eigenvalue weighted by molar-refractivity contribution is -0.116. The summed E-state index contributed by atoms with van der Waals surface area (Å²) in [5.41, 5.74) is 1.78. The predicted molar refractivity (Wildman–Crippen MR) is 94.0 cm³/mol. The Balaban J connectivity index is 1.61. The number of benzene rings is 1. The summed E-state index contributed by atoms with van der Waals surface area (Å²) in [6.07, 6.45) is 3.51. The van der Waals surface area contributed by atoms with Crippen molar-refractivity contribution in [3.8, 4) is 0 Å². The first-order valence-electron chi connectivity index (χ1n) is 8.97. The van der Waals surface area contributed by atoms with Gasteiger partial charge in [-0.1, -0.05) is 0 Å². The summed E-state index contributed by atoms with van der Waals surface area (Å²) in [6, 6.07) is 5.32. The first-order chi connectivity index (χ1) is 12.0. The van der Waals surface area contributed by atoms with Gasteiger partial charge in [-0.3, -0.25) is 4.79 Å². The minimum Gasteiger partial charge on any atom is -0.381 e. The minimum atomic E-state index is -3.51. The van der Waals surface area contributed by atoms with Crippen LogP contribution in [0.3, 0.4) is 0 Å². The summed E-state index contributed by atoms with van der Waals surface area (Å²) < 4.78 is 33.5. The van der Waals surface area contributed by atoms with Gasteiger partial charge in [-0.25, -0.2) is 8.42 Å².